The second-order valence-corrected chi connectivity index (χ2v) is 8.18. The maximum absolute atomic E-state index is 12.4. The van der Waals surface area contributed by atoms with Crippen LogP contribution in [0.2, 0.25) is 0 Å². The normalized spacial score (nSPS) is 11.4. The average Bonchev–Trinajstić information content (AvgIpc) is 3.15. The Morgan fingerprint density at radius 1 is 1.19 bits per heavy atom. The molecule has 2 aromatic carbocycles. The molecule has 6 nitrogen and oxygen atoms in total. The van der Waals surface area contributed by atoms with Crippen LogP contribution in [0.15, 0.2) is 58.9 Å². The molecule has 0 aliphatic heterocycles. The summed E-state index contributed by atoms with van der Waals surface area (Å²) >= 11 is 2.75. The number of hydrogen-bond donors (Lipinski definition) is 2. The van der Waals surface area contributed by atoms with E-state index in [0.717, 1.165) is 5.56 Å². The third-order valence-corrected chi connectivity index (χ3v) is 5.71. The van der Waals surface area contributed by atoms with Crippen LogP contribution >= 0.6 is 23.1 Å². The van der Waals surface area contributed by atoms with E-state index in [2.05, 4.69) is 26.9 Å². The SMILES string of the molecule is C[C@@H](Sc1nnc(NCc2ccccc2)s1)C(=O)Nc1ccccc1C#N. The molecule has 1 atom stereocenters. The number of thioether (sulfide) groups is 1. The highest BCUT2D eigenvalue weighted by Crippen LogP contribution is 2.29. The Kier molecular flexibility index (Phi) is 6.41. The fourth-order valence-corrected chi connectivity index (χ4v) is 4.12. The van der Waals surface area contributed by atoms with Crippen LogP contribution in [0.1, 0.15) is 18.1 Å². The van der Waals surface area contributed by atoms with Crippen LogP contribution in [0.3, 0.4) is 0 Å². The fraction of sp³-hybridized carbons (Fsp3) is 0.158. The Morgan fingerprint density at radius 3 is 2.70 bits per heavy atom. The summed E-state index contributed by atoms with van der Waals surface area (Å²) in [7, 11) is 0. The fourth-order valence-electron chi connectivity index (χ4n) is 2.23. The molecule has 0 saturated heterocycles. The first kappa shape index (κ1) is 18.9. The number of nitrogens with one attached hydrogen (secondary N) is 2. The van der Waals surface area contributed by atoms with Crippen LogP contribution in [-0.4, -0.2) is 21.4 Å². The van der Waals surface area contributed by atoms with Gasteiger partial charge in [-0.1, -0.05) is 65.6 Å². The van der Waals surface area contributed by atoms with Crippen LogP contribution in [0.5, 0.6) is 0 Å². The van der Waals surface area contributed by atoms with Crippen molar-refractivity contribution in [3.8, 4) is 6.07 Å². The van der Waals surface area contributed by atoms with Gasteiger partial charge in [-0.05, 0) is 24.6 Å². The first-order chi connectivity index (χ1) is 13.2. The first-order valence-electron chi connectivity index (χ1n) is 8.23. The van der Waals surface area contributed by atoms with E-state index in [0.29, 0.717) is 27.3 Å². The number of hydrogen-bond acceptors (Lipinski definition) is 7. The molecule has 0 saturated carbocycles. The molecule has 1 heterocycles. The van der Waals surface area contributed by atoms with Gasteiger partial charge in [-0.15, -0.1) is 10.2 Å². The number of amides is 1. The van der Waals surface area contributed by atoms with Gasteiger partial charge in [-0.2, -0.15) is 5.26 Å². The lowest BCUT2D eigenvalue weighted by Crippen LogP contribution is -2.22. The van der Waals surface area contributed by atoms with E-state index in [9.17, 15) is 4.79 Å². The molecule has 27 heavy (non-hydrogen) atoms. The van der Waals surface area contributed by atoms with Crippen molar-refractivity contribution in [2.45, 2.75) is 23.1 Å². The van der Waals surface area contributed by atoms with Crippen molar-refractivity contribution in [1.29, 1.82) is 5.26 Å². The molecule has 1 amide bonds. The number of benzene rings is 2. The predicted octanol–water partition coefficient (Wildman–Crippen LogP) is 4.14. The summed E-state index contributed by atoms with van der Waals surface area (Å²) in [5, 5.41) is 23.7. The van der Waals surface area contributed by atoms with Gasteiger partial charge in [0.15, 0.2) is 4.34 Å². The Hall–Kier alpha value is -2.89. The predicted molar refractivity (Wildman–Crippen MR) is 109 cm³/mol. The maximum Gasteiger partial charge on any atom is 0.237 e. The summed E-state index contributed by atoms with van der Waals surface area (Å²) in [4.78, 5) is 12.4. The number of carbonyl (C=O) groups excluding carboxylic acids is 1. The van der Waals surface area contributed by atoms with Crippen LogP contribution in [0.4, 0.5) is 10.8 Å². The van der Waals surface area contributed by atoms with E-state index < -0.39 is 0 Å². The second kappa shape index (κ2) is 9.16. The minimum Gasteiger partial charge on any atom is -0.356 e. The summed E-state index contributed by atoms with van der Waals surface area (Å²) in [5.41, 5.74) is 2.11. The van der Waals surface area contributed by atoms with E-state index in [1.165, 1.54) is 23.1 Å². The number of rotatable bonds is 7. The van der Waals surface area contributed by atoms with Gasteiger partial charge in [0.1, 0.15) is 6.07 Å². The first-order valence-corrected chi connectivity index (χ1v) is 9.93. The standard InChI is InChI=1S/C19H17N5OS2/c1-13(17(25)22-16-10-6-5-9-15(16)11-20)26-19-24-23-18(27-19)21-12-14-7-3-2-4-8-14/h2-10,13H,12H2,1H3,(H,21,23)(H,22,25)/t13-/m1/s1. The highest BCUT2D eigenvalue weighted by molar-refractivity contribution is 8.02. The number of anilines is 2. The van der Waals surface area contributed by atoms with Gasteiger partial charge in [0.05, 0.1) is 16.5 Å². The maximum atomic E-state index is 12.4. The largest absolute Gasteiger partial charge is 0.356 e. The highest BCUT2D eigenvalue weighted by Gasteiger charge is 2.18. The molecule has 1 aromatic heterocycles. The quantitative estimate of drug-likeness (QED) is 0.584. The lowest BCUT2D eigenvalue weighted by Gasteiger charge is -2.11. The summed E-state index contributed by atoms with van der Waals surface area (Å²) in [6.07, 6.45) is 0. The van der Waals surface area contributed by atoms with E-state index in [1.54, 1.807) is 31.2 Å². The molecule has 0 unspecified atom stereocenters. The van der Waals surface area contributed by atoms with Crippen molar-refractivity contribution >= 4 is 39.8 Å². The van der Waals surface area contributed by atoms with Crippen molar-refractivity contribution in [3.63, 3.8) is 0 Å². The number of nitrogens with zero attached hydrogens (tertiary/aromatic N) is 3. The van der Waals surface area contributed by atoms with Crippen LogP contribution in [0, 0.1) is 11.3 Å². The molecule has 8 heteroatoms. The van der Waals surface area contributed by atoms with E-state index in [1.807, 2.05) is 30.3 Å². The molecule has 0 aliphatic carbocycles. The lowest BCUT2D eigenvalue weighted by molar-refractivity contribution is -0.115. The molecule has 136 valence electrons. The van der Waals surface area contributed by atoms with Gasteiger partial charge in [0.25, 0.3) is 0 Å². The van der Waals surface area contributed by atoms with Gasteiger partial charge in [0.2, 0.25) is 11.0 Å². The van der Waals surface area contributed by atoms with Crippen molar-refractivity contribution < 1.29 is 4.79 Å². The number of nitriles is 1. The zero-order valence-corrected chi connectivity index (χ0v) is 16.2. The average molecular weight is 396 g/mol. The number of aromatic nitrogens is 2. The van der Waals surface area contributed by atoms with Crippen LogP contribution < -0.4 is 10.6 Å². The van der Waals surface area contributed by atoms with Gasteiger partial charge in [-0.3, -0.25) is 4.79 Å². The molecule has 0 fully saturated rings. The monoisotopic (exact) mass is 395 g/mol. The third-order valence-electron chi connectivity index (χ3n) is 3.65. The summed E-state index contributed by atoms with van der Waals surface area (Å²) in [6.45, 7) is 2.47. The molecule has 3 rings (SSSR count). The smallest absolute Gasteiger partial charge is 0.237 e. The van der Waals surface area contributed by atoms with Gasteiger partial charge in [0, 0.05) is 6.54 Å². The second-order valence-electron chi connectivity index (χ2n) is 5.62. The minimum atomic E-state index is -0.369. The third kappa shape index (κ3) is 5.29. The zero-order chi connectivity index (χ0) is 19.1. The number of para-hydroxylation sites is 1. The lowest BCUT2D eigenvalue weighted by atomic mass is 10.2. The molecule has 3 aromatic rings. The molecule has 2 N–H and O–H groups in total. The van der Waals surface area contributed by atoms with E-state index in [4.69, 9.17) is 5.26 Å². The zero-order valence-electron chi connectivity index (χ0n) is 14.5. The number of carbonyl (C=O) groups is 1. The summed E-state index contributed by atoms with van der Waals surface area (Å²) in [6, 6.07) is 19.0. The molecule has 0 aliphatic rings. The Balaban J connectivity index is 1.55. The van der Waals surface area contributed by atoms with Crippen LogP contribution in [-0.2, 0) is 11.3 Å². The van der Waals surface area contributed by atoms with Crippen LogP contribution in [0.25, 0.3) is 0 Å². The topological polar surface area (TPSA) is 90.7 Å². The van der Waals surface area contributed by atoms with Crippen molar-refractivity contribution in [1.82, 2.24) is 10.2 Å². The van der Waals surface area contributed by atoms with Crippen molar-refractivity contribution in [3.05, 3.63) is 65.7 Å². The highest BCUT2D eigenvalue weighted by atomic mass is 32.2. The molecule has 0 radical (unpaired) electrons. The van der Waals surface area contributed by atoms with Gasteiger partial charge >= 0.3 is 0 Å². The van der Waals surface area contributed by atoms with Gasteiger partial charge < -0.3 is 10.6 Å². The summed E-state index contributed by atoms with van der Waals surface area (Å²) < 4.78 is 0.710. The Morgan fingerprint density at radius 2 is 1.93 bits per heavy atom. The molecule has 0 bridgehead atoms. The molecular weight excluding hydrogens is 378 g/mol. The van der Waals surface area contributed by atoms with Crippen molar-refractivity contribution in [2.24, 2.45) is 0 Å². The molecular formula is C19H17N5OS2. The Bertz CT molecular complexity index is 952. The minimum absolute atomic E-state index is 0.184. The van der Waals surface area contributed by atoms with Crippen molar-refractivity contribution in [2.75, 3.05) is 10.6 Å². The Labute approximate surface area is 165 Å². The molecule has 0 spiro atoms. The summed E-state index contributed by atoms with van der Waals surface area (Å²) in [5.74, 6) is -0.184. The van der Waals surface area contributed by atoms with E-state index in [-0.39, 0.29) is 11.2 Å². The van der Waals surface area contributed by atoms with Gasteiger partial charge in [-0.25, -0.2) is 0 Å². The van der Waals surface area contributed by atoms with E-state index >= 15 is 0 Å².